The number of benzene rings is 3. The minimum Gasteiger partial charge on any atom is -0.496 e. The maximum Gasteiger partial charge on any atom is 0.142 e. The van der Waals surface area contributed by atoms with Gasteiger partial charge < -0.3 is 9.72 Å². The lowest BCUT2D eigenvalue weighted by Crippen LogP contribution is -1.87. The summed E-state index contributed by atoms with van der Waals surface area (Å²) in [5.74, 6) is 0.683. The van der Waals surface area contributed by atoms with E-state index >= 15 is 0 Å². The average molecular weight is 354 g/mol. The first-order chi connectivity index (χ1) is 13.3. The fourth-order valence-electron chi connectivity index (χ4n) is 3.33. The van der Waals surface area contributed by atoms with Crippen molar-refractivity contribution in [3.05, 3.63) is 89.8 Å². The van der Waals surface area contributed by atoms with Crippen LogP contribution in [0.2, 0.25) is 0 Å². The van der Waals surface area contributed by atoms with Gasteiger partial charge >= 0.3 is 0 Å². The third-order valence-electron chi connectivity index (χ3n) is 4.57. The predicted molar refractivity (Wildman–Crippen MR) is 109 cm³/mol. The lowest BCUT2D eigenvalue weighted by Gasteiger charge is -2.07. The van der Waals surface area contributed by atoms with Crippen LogP contribution in [0, 0.1) is 4.91 Å². The van der Waals surface area contributed by atoms with Gasteiger partial charge in [-0.3, -0.25) is 0 Å². The molecule has 0 saturated carbocycles. The Kier molecular flexibility index (Phi) is 4.54. The third kappa shape index (κ3) is 3.02. The number of rotatable bonds is 5. The van der Waals surface area contributed by atoms with Crippen LogP contribution in [0.4, 0.5) is 5.69 Å². The number of para-hydroxylation sites is 1. The van der Waals surface area contributed by atoms with Crippen molar-refractivity contribution in [3.63, 3.8) is 0 Å². The molecule has 4 nitrogen and oxygen atoms in total. The van der Waals surface area contributed by atoms with Crippen molar-refractivity contribution < 1.29 is 4.74 Å². The summed E-state index contributed by atoms with van der Waals surface area (Å²) in [6, 6.07) is 27.4. The van der Waals surface area contributed by atoms with E-state index in [1.807, 2.05) is 84.9 Å². The zero-order chi connectivity index (χ0) is 18.6. The molecule has 1 aromatic heterocycles. The highest BCUT2D eigenvalue weighted by atomic mass is 16.5. The lowest BCUT2D eigenvalue weighted by atomic mass is 9.99. The van der Waals surface area contributed by atoms with Crippen LogP contribution < -0.4 is 4.74 Å². The Hall–Kier alpha value is -3.66. The number of hydrogen-bond donors (Lipinski definition) is 1. The van der Waals surface area contributed by atoms with Crippen molar-refractivity contribution in [3.8, 4) is 39.4 Å². The SMILES string of the molecule is COc1ccccc1-c1[nH]c(-c2ccccc2)c(-c2ccccc2)c1N=O. The summed E-state index contributed by atoms with van der Waals surface area (Å²) < 4.78 is 5.50. The van der Waals surface area contributed by atoms with E-state index in [1.54, 1.807) is 7.11 Å². The summed E-state index contributed by atoms with van der Waals surface area (Å²) in [5.41, 5.74) is 5.40. The van der Waals surface area contributed by atoms with Crippen molar-refractivity contribution in [2.24, 2.45) is 5.18 Å². The number of aromatic nitrogens is 1. The van der Waals surface area contributed by atoms with Crippen molar-refractivity contribution in [2.45, 2.75) is 0 Å². The molecule has 3 aromatic carbocycles. The van der Waals surface area contributed by atoms with Crippen LogP contribution in [0.1, 0.15) is 0 Å². The van der Waals surface area contributed by atoms with E-state index in [4.69, 9.17) is 4.74 Å². The second-order valence-electron chi connectivity index (χ2n) is 6.12. The summed E-state index contributed by atoms with van der Waals surface area (Å²) in [7, 11) is 1.62. The average Bonchev–Trinajstić information content (AvgIpc) is 3.14. The molecule has 4 aromatic rings. The Morgan fingerprint density at radius 2 is 1.33 bits per heavy atom. The Morgan fingerprint density at radius 3 is 1.96 bits per heavy atom. The van der Waals surface area contributed by atoms with Gasteiger partial charge in [0.25, 0.3) is 0 Å². The number of hydrogen-bond acceptors (Lipinski definition) is 3. The molecule has 0 aliphatic carbocycles. The number of nitroso groups, excluding NO2 is 1. The van der Waals surface area contributed by atoms with Gasteiger partial charge in [-0.05, 0) is 28.4 Å². The quantitative estimate of drug-likeness (QED) is 0.420. The summed E-state index contributed by atoms with van der Waals surface area (Å²) >= 11 is 0. The molecule has 4 rings (SSSR count). The van der Waals surface area contributed by atoms with Gasteiger partial charge in [0, 0.05) is 11.1 Å². The molecule has 27 heavy (non-hydrogen) atoms. The fraction of sp³-hybridized carbons (Fsp3) is 0.0435. The molecule has 132 valence electrons. The molecular formula is C23H18N2O2. The van der Waals surface area contributed by atoms with Gasteiger partial charge in [0.1, 0.15) is 11.4 Å². The molecule has 0 aliphatic rings. The first-order valence-electron chi connectivity index (χ1n) is 8.67. The molecule has 0 unspecified atom stereocenters. The highest BCUT2D eigenvalue weighted by Crippen LogP contribution is 2.47. The second-order valence-corrected chi connectivity index (χ2v) is 6.12. The van der Waals surface area contributed by atoms with Crippen molar-refractivity contribution in [1.82, 2.24) is 4.98 Å². The van der Waals surface area contributed by atoms with Gasteiger partial charge in [0.15, 0.2) is 0 Å². The third-order valence-corrected chi connectivity index (χ3v) is 4.57. The Bertz CT molecular complexity index is 1070. The molecular weight excluding hydrogens is 336 g/mol. The molecule has 0 spiro atoms. The molecule has 0 saturated heterocycles. The lowest BCUT2D eigenvalue weighted by molar-refractivity contribution is 0.416. The van der Waals surface area contributed by atoms with E-state index in [9.17, 15) is 4.91 Å². The van der Waals surface area contributed by atoms with E-state index in [0.717, 1.165) is 27.9 Å². The molecule has 0 radical (unpaired) electrons. The van der Waals surface area contributed by atoms with E-state index in [0.29, 0.717) is 17.1 Å². The first-order valence-corrected chi connectivity index (χ1v) is 8.67. The Labute approximate surface area is 157 Å². The molecule has 0 amide bonds. The van der Waals surface area contributed by atoms with E-state index in [1.165, 1.54) is 0 Å². The topological polar surface area (TPSA) is 54.4 Å². The normalized spacial score (nSPS) is 10.6. The fourth-order valence-corrected chi connectivity index (χ4v) is 3.33. The molecule has 0 fully saturated rings. The van der Waals surface area contributed by atoms with Crippen LogP contribution in [0.15, 0.2) is 90.1 Å². The van der Waals surface area contributed by atoms with Gasteiger partial charge in [0.2, 0.25) is 0 Å². The number of ether oxygens (including phenoxy) is 1. The summed E-state index contributed by atoms with van der Waals surface area (Å²) in [4.78, 5) is 15.4. The van der Waals surface area contributed by atoms with Gasteiger partial charge in [0.05, 0.1) is 18.5 Å². The molecule has 1 N–H and O–H groups in total. The van der Waals surface area contributed by atoms with Crippen molar-refractivity contribution in [2.75, 3.05) is 7.11 Å². The molecule has 0 aliphatic heterocycles. The maximum atomic E-state index is 11.9. The largest absolute Gasteiger partial charge is 0.496 e. The zero-order valence-electron chi connectivity index (χ0n) is 14.8. The van der Waals surface area contributed by atoms with Crippen LogP contribution in [-0.4, -0.2) is 12.1 Å². The summed E-state index contributed by atoms with van der Waals surface area (Å²) in [6.07, 6.45) is 0. The standard InChI is InChI=1S/C23H18N2O2/c1-27-19-15-9-8-14-18(19)22-23(25-26)20(16-10-4-2-5-11-16)21(24-22)17-12-6-3-7-13-17/h2-15,24H,1H3. The minimum absolute atomic E-state index is 0.379. The monoisotopic (exact) mass is 354 g/mol. The highest BCUT2D eigenvalue weighted by molar-refractivity contribution is 5.97. The van der Waals surface area contributed by atoms with Crippen LogP contribution in [0.25, 0.3) is 33.6 Å². The van der Waals surface area contributed by atoms with Crippen LogP contribution >= 0.6 is 0 Å². The van der Waals surface area contributed by atoms with Crippen LogP contribution in [0.3, 0.4) is 0 Å². The summed E-state index contributed by atoms with van der Waals surface area (Å²) in [5, 5.41) is 3.41. The molecule has 1 heterocycles. The molecule has 0 atom stereocenters. The number of methoxy groups -OCH3 is 1. The van der Waals surface area contributed by atoms with E-state index in [2.05, 4.69) is 10.2 Å². The molecule has 0 bridgehead atoms. The first kappa shape index (κ1) is 16.8. The van der Waals surface area contributed by atoms with E-state index < -0.39 is 0 Å². The predicted octanol–water partition coefficient (Wildman–Crippen LogP) is 6.42. The number of nitrogens with zero attached hydrogens (tertiary/aromatic N) is 1. The zero-order valence-corrected chi connectivity index (χ0v) is 14.8. The van der Waals surface area contributed by atoms with Gasteiger partial charge in [-0.2, -0.15) is 0 Å². The second kappa shape index (κ2) is 7.30. The Morgan fingerprint density at radius 1 is 0.741 bits per heavy atom. The highest BCUT2D eigenvalue weighted by Gasteiger charge is 2.23. The summed E-state index contributed by atoms with van der Waals surface area (Å²) in [6.45, 7) is 0. The Balaban J connectivity index is 2.05. The number of H-pyrrole nitrogens is 1. The van der Waals surface area contributed by atoms with Crippen molar-refractivity contribution >= 4 is 5.69 Å². The molecule has 4 heteroatoms. The van der Waals surface area contributed by atoms with Gasteiger partial charge in [-0.15, -0.1) is 4.91 Å². The number of nitrogens with one attached hydrogen (secondary N) is 1. The van der Waals surface area contributed by atoms with Gasteiger partial charge in [-0.1, -0.05) is 72.8 Å². The maximum absolute atomic E-state index is 11.9. The van der Waals surface area contributed by atoms with Crippen LogP contribution in [-0.2, 0) is 0 Å². The minimum atomic E-state index is 0.379. The van der Waals surface area contributed by atoms with Gasteiger partial charge in [-0.25, -0.2) is 0 Å². The van der Waals surface area contributed by atoms with Crippen LogP contribution in [0.5, 0.6) is 5.75 Å². The smallest absolute Gasteiger partial charge is 0.142 e. The number of aromatic amines is 1. The van der Waals surface area contributed by atoms with Crippen molar-refractivity contribution in [1.29, 1.82) is 0 Å². The van der Waals surface area contributed by atoms with E-state index in [-0.39, 0.29) is 0 Å².